The maximum atomic E-state index is 13.3. The number of fused-ring (bicyclic) bond motifs is 1. The average Bonchev–Trinajstić information content (AvgIpc) is 3.23. The van der Waals surface area contributed by atoms with E-state index in [2.05, 4.69) is 27.0 Å². The number of rotatable bonds is 4. The summed E-state index contributed by atoms with van der Waals surface area (Å²) < 4.78 is 15.4. The Morgan fingerprint density at radius 3 is 2.92 bits per heavy atom. The van der Waals surface area contributed by atoms with Gasteiger partial charge in [-0.1, -0.05) is 12.8 Å². The number of nitrogens with zero attached hydrogens (tertiary/aromatic N) is 2. The zero-order valence-corrected chi connectivity index (χ0v) is 14.2. The molecule has 5 nitrogen and oxygen atoms in total. The van der Waals surface area contributed by atoms with Gasteiger partial charge in [-0.3, -0.25) is 9.48 Å². The summed E-state index contributed by atoms with van der Waals surface area (Å²) in [7, 11) is 0. The van der Waals surface area contributed by atoms with Crippen LogP contribution in [0.3, 0.4) is 0 Å². The summed E-state index contributed by atoms with van der Waals surface area (Å²) in [6, 6.07) is 6.71. The maximum absolute atomic E-state index is 13.3. The Labute approximate surface area is 144 Å². The number of aromatic nitrogens is 3. The fourth-order valence-electron chi connectivity index (χ4n) is 3.65. The molecule has 25 heavy (non-hydrogen) atoms. The van der Waals surface area contributed by atoms with E-state index in [1.165, 1.54) is 37.8 Å². The number of anilines is 1. The first-order valence-electron chi connectivity index (χ1n) is 8.71. The SMILES string of the molecule is Cc1c(NCc2cc3ccc(F)cc3[nH]c2=O)cnn1C1CCCC1. The first-order chi connectivity index (χ1) is 12.1. The zero-order chi connectivity index (χ0) is 17.4. The van der Waals surface area contributed by atoms with Crippen molar-refractivity contribution in [2.45, 2.75) is 45.2 Å². The Morgan fingerprint density at radius 2 is 2.12 bits per heavy atom. The van der Waals surface area contributed by atoms with Crippen LogP contribution >= 0.6 is 0 Å². The number of H-pyrrole nitrogens is 1. The molecule has 1 aliphatic rings. The van der Waals surface area contributed by atoms with Crippen molar-refractivity contribution in [3.05, 3.63) is 57.9 Å². The molecule has 2 N–H and O–H groups in total. The predicted molar refractivity (Wildman–Crippen MR) is 96.3 cm³/mol. The number of aromatic amines is 1. The van der Waals surface area contributed by atoms with Gasteiger partial charge >= 0.3 is 0 Å². The lowest BCUT2D eigenvalue weighted by Gasteiger charge is -2.13. The number of benzene rings is 1. The molecule has 130 valence electrons. The standard InChI is InChI=1S/C19H21FN4O/c1-12-18(11-22-24(12)16-4-2-3-5-16)21-10-14-8-13-6-7-15(20)9-17(13)23-19(14)25/h6-9,11,16,21H,2-5,10H2,1H3,(H,23,25). The van der Waals surface area contributed by atoms with Gasteiger partial charge in [-0.05, 0) is 49.4 Å². The molecule has 3 aromatic rings. The van der Waals surface area contributed by atoms with Gasteiger partial charge in [0.1, 0.15) is 5.82 Å². The maximum Gasteiger partial charge on any atom is 0.253 e. The summed E-state index contributed by atoms with van der Waals surface area (Å²) in [4.78, 5) is 15.0. The summed E-state index contributed by atoms with van der Waals surface area (Å²) in [5.41, 5.74) is 2.98. The van der Waals surface area contributed by atoms with E-state index in [0.717, 1.165) is 16.8 Å². The lowest BCUT2D eigenvalue weighted by Crippen LogP contribution is -2.16. The second-order valence-electron chi connectivity index (χ2n) is 6.74. The van der Waals surface area contributed by atoms with Crippen LogP contribution in [0.4, 0.5) is 10.1 Å². The third-order valence-electron chi connectivity index (χ3n) is 5.07. The van der Waals surface area contributed by atoms with E-state index < -0.39 is 0 Å². The predicted octanol–water partition coefficient (Wildman–Crippen LogP) is 3.90. The van der Waals surface area contributed by atoms with E-state index in [1.54, 1.807) is 12.1 Å². The van der Waals surface area contributed by atoms with Crippen molar-refractivity contribution >= 4 is 16.6 Å². The molecule has 0 bridgehead atoms. The van der Waals surface area contributed by atoms with Crippen molar-refractivity contribution in [2.75, 3.05) is 5.32 Å². The van der Waals surface area contributed by atoms with Crippen molar-refractivity contribution in [3.8, 4) is 0 Å². The minimum atomic E-state index is -0.357. The minimum Gasteiger partial charge on any atom is -0.378 e. The van der Waals surface area contributed by atoms with Gasteiger partial charge in [-0.15, -0.1) is 0 Å². The lowest BCUT2D eigenvalue weighted by atomic mass is 10.1. The van der Waals surface area contributed by atoms with Crippen molar-refractivity contribution in [1.29, 1.82) is 0 Å². The zero-order valence-electron chi connectivity index (χ0n) is 14.2. The molecule has 2 heterocycles. The molecule has 2 aromatic heterocycles. The summed E-state index contributed by atoms with van der Waals surface area (Å²) in [5, 5.41) is 8.65. The Hall–Kier alpha value is -2.63. The van der Waals surface area contributed by atoms with Crippen LogP contribution in [0, 0.1) is 12.7 Å². The van der Waals surface area contributed by atoms with Gasteiger partial charge in [0.05, 0.1) is 29.1 Å². The van der Waals surface area contributed by atoms with Crippen LogP contribution in [-0.2, 0) is 6.54 Å². The van der Waals surface area contributed by atoms with Gasteiger partial charge in [0.2, 0.25) is 0 Å². The minimum absolute atomic E-state index is 0.202. The molecule has 1 saturated carbocycles. The van der Waals surface area contributed by atoms with Crippen molar-refractivity contribution in [1.82, 2.24) is 14.8 Å². The highest BCUT2D eigenvalue weighted by molar-refractivity contribution is 5.78. The molecule has 1 aliphatic carbocycles. The summed E-state index contributed by atoms with van der Waals surface area (Å²) >= 11 is 0. The van der Waals surface area contributed by atoms with Crippen LogP contribution in [-0.4, -0.2) is 14.8 Å². The molecule has 0 radical (unpaired) electrons. The highest BCUT2D eigenvalue weighted by atomic mass is 19.1. The van der Waals surface area contributed by atoms with Gasteiger partial charge in [-0.2, -0.15) is 5.10 Å². The van der Waals surface area contributed by atoms with Crippen LogP contribution in [0.1, 0.15) is 43.0 Å². The van der Waals surface area contributed by atoms with Crippen LogP contribution < -0.4 is 10.9 Å². The lowest BCUT2D eigenvalue weighted by molar-refractivity contribution is 0.457. The molecule has 1 fully saturated rings. The Balaban J connectivity index is 1.55. The highest BCUT2D eigenvalue weighted by Crippen LogP contribution is 2.31. The molecule has 1 aromatic carbocycles. The summed E-state index contributed by atoms with van der Waals surface area (Å²) in [5.74, 6) is -0.357. The molecule has 0 unspecified atom stereocenters. The molecule has 0 amide bonds. The number of hydrogen-bond acceptors (Lipinski definition) is 3. The summed E-state index contributed by atoms with van der Waals surface area (Å²) in [6.45, 7) is 2.46. The van der Waals surface area contributed by atoms with Crippen molar-refractivity contribution < 1.29 is 4.39 Å². The molecular weight excluding hydrogens is 319 g/mol. The normalized spacial score (nSPS) is 15.1. The topological polar surface area (TPSA) is 62.7 Å². The number of hydrogen-bond donors (Lipinski definition) is 2. The molecule has 6 heteroatoms. The molecule has 0 aliphatic heterocycles. The molecule has 4 rings (SSSR count). The number of halogens is 1. The fourth-order valence-corrected chi connectivity index (χ4v) is 3.65. The first-order valence-corrected chi connectivity index (χ1v) is 8.71. The smallest absolute Gasteiger partial charge is 0.253 e. The third kappa shape index (κ3) is 3.04. The number of pyridine rings is 1. The van der Waals surface area contributed by atoms with Gasteiger partial charge in [0, 0.05) is 12.1 Å². The van der Waals surface area contributed by atoms with Gasteiger partial charge < -0.3 is 10.3 Å². The van der Waals surface area contributed by atoms with Crippen LogP contribution in [0.15, 0.2) is 35.3 Å². The van der Waals surface area contributed by atoms with E-state index in [4.69, 9.17) is 0 Å². The third-order valence-corrected chi connectivity index (χ3v) is 5.07. The highest BCUT2D eigenvalue weighted by Gasteiger charge is 2.20. The van der Waals surface area contributed by atoms with Crippen molar-refractivity contribution in [3.63, 3.8) is 0 Å². The molecule has 0 saturated heterocycles. The van der Waals surface area contributed by atoms with E-state index in [-0.39, 0.29) is 11.4 Å². The quantitative estimate of drug-likeness (QED) is 0.757. The van der Waals surface area contributed by atoms with Gasteiger partial charge in [-0.25, -0.2) is 4.39 Å². The fraction of sp³-hybridized carbons (Fsp3) is 0.368. The van der Waals surface area contributed by atoms with Crippen LogP contribution in [0.25, 0.3) is 10.9 Å². The largest absolute Gasteiger partial charge is 0.378 e. The van der Waals surface area contributed by atoms with E-state index >= 15 is 0 Å². The monoisotopic (exact) mass is 340 g/mol. The van der Waals surface area contributed by atoms with Crippen molar-refractivity contribution in [2.24, 2.45) is 0 Å². The van der Waals surface area contributed by atoms with Gasteiger partial charge in [0.25, 0.3) is 5.56 Å². The Kier molecular flexibility index (Phi) is 4.03. The van der Waals surface area contributed by atoms with Crippen LogP contribution in [0.5, 0.6) is 0 Å². The second kappa shape index (κ2) is 6.35. The second-order valence-corrected chi connectivity index (χ2v) is 6.74. The van der Waals surface area contributed by atoms with E-state index in [1.807, 2.05) is 6.20 Å². The van der Waals surface area contributed by atoms with E-state index in [0.29, 0.717) is 23.7 Å². The van der Waals surface area contributed by atoms with Crippen LogP contribution in [0.2, 0.25) is 0 Å². The number of nitrogens with one attached hydrogen (secondary N) is 2. The molecular formula is C19H21FN4O. The Bertz CT molecular complexity index is 969. The Morgan fingerprint density at radius 1 is 1.32 bits per heavy atom. The molecule has 0 atom stereocenters. The molecule has 0 spiro atoms. The first kappa shape index (κ1) is 15.9. The average molecular weight is 340 g/mol. The van der Waals surface area contributed by atoms with E-state index in [9.17, 15) is 9.18 Å². The van der Waals surface area contributed by atoms with Gasteiger partial charge in [0.15, 0.2) is 0 Å². The summed E-state index contributed by atoms with van der Waals surface area (Å²) in [6.07, 6.45) is 6.73.